The molecule has 0 aliphatic carbocycles. The summed E-state index contributed by atoms with van der Waals surface area (Å²) < 4.78 is 24.7. The maximum atomic E-state index is 12.3. The lowest BCUT2D eigenvalue weighted by molar-refractivity contribution is 0.151. The van der Waals surface area contributed by atoms with Crippen molar-refractivity contribution in [2.45, 2.75) is 19.6 Å². The molecule has 1 aromatic rings. The van der Waals surface area contributed by atoms with Crippen molar-refractivity contribution in [3.05, 3.63) is 23.0 Å². The van der Waals surface area contributed by atoms with Gasteiger partial charge in [0.1, 0.15) is 0 Å². The second-order valence-corrected chi connectivity index (χ2v) is 2.72. The van der Waals surface area contributed by atoms with Crippen LogP contribution in [0.15, 0.2) is 6.20 Å². The molecule has 1 aromatic heterocycles. The maximum absolute atomic E-state index is 12.3. The number of hydrogen-bond acceptors (Lipinski definition) is 4. The molecule has 0 atom stereocenters. The topological polar surface area (TPSA) is 85.2 Å². The number of alkyl halides is 2. The van der Waals surface area contributed by atoms with Crippen LogP contribution in [0.25, 0.3) is 0 Å². The minimum absolute atomic E-state index is 0.0591. The van der Waals surface area contributed by atoms with Gasteiger partial charge in [0.2, 0.25) is 0 Å². The van der Waals surface area contributed by atoms with Gasteiger partial charge in [-0.25, -0.2) is 8.78 Å². The zero-order chi connectivity index (χ0) is 10.7. The number of nitrogens with zero attached hydrogens (tertiary/aromatic N) is 1. The van der Waals surface area contributed by atoms with Gasteiger partial charge in [0.25, 0.3) is 6.43 Å². The van der Waals surface area contributed by atoms with Crippen molar-refractivity contribution in [2.24, 2.45) is 5.73 Å². The summed E-state index contributed by atoms with van der Waals surface area (Å²) in [5, 5.41) is 8.92. The van der Waals surface area contributed by atoms with Crippen LogP contribution in [-0.2, 0) is 13.2 Å². The average Bonchev–Trinajstić information content (AvgIpc) is 2.16. The molecule has 0 fully saturated rings. The van der Waals surface area contributed by atoms with Crippen LogP contribution in [0, 0.1) is 0 Å². The molecular weight excluding hydrogens is 192 g/mol. The number of rotatable bonds is 3. The third-order valence-corrected chi connectivity index (χ3v) is 1.93. The number of aromatic nitrogens is 1. The van der Waals surface area contributed by atoms with Crippen molar-refractivity contribution in [3.63, 3.8) is 0 Å². The lowest BCUT2D eigenvalue weighted by atomic mass is 10.1. The van der Waals surface area contributed by atoms with E-state index < -0.39 is 13.0 Å². The molecule has 0 aliphatic rings. The van der Waals surface area contributed by atoms with E-state index in [1.807, 2.05) is 0 Å². The Balaban J connectivity index is 3.27. The Labute approximate surface area is 79.6 Å². The Kier molecular flexibility index (Phi) is 3.32. The van der Waals surface area contributed by atoms with Crippen LogP contribution in [0.5, 0.6) is 0 Å². The van der Waals surface area contributed by atoms with Crippen LogP contribution < -0.4 is 11.5 Å². The summed E-state index contributed by atoms with van der Waals surface area (Å²) in [7, 11) is 0. The molecule has 4 nitrogen and oxygen atoms in total. The van der Waals surface area contributed by atoms with E-state index in [0.717, 1.165) is 6.20 Å². The third-order valence-electron chi connectivity index (χ3n) is 1.93. The van der Waals surface area contributed by atoms with Gasteiger partial charge in [0.15, 0.2) is 0 Å². The molecule has 6 heteroatoms. The molecule has 0 amide bonds. The highest BCUT2D eigenvalue weighted by molar-refractivity contribution is 5.54. The minimum atomic E-state index is -2.69. The van der Waals surface area contributed by atoms with Crippen molar-refractivity contribution in [1.29, 1.82) is 0 Å². The van der Waals surface area contributed by atoms with Crippen LogP contribution in [-0.4, -0.2) is 10.1 Å². The highest BCUT2D eigenvalue weighted by Gasteiger charge is 2.16. The first-order chi connectivity index (χ1) is 6.61. The minimum Gasteiger partial charge on any atom is -0.398 e. The zero-order valence-corrected chi connectivity index (χ0v) is 7.37. The first-order valence-electron chi connectivity index (χ1n) is 3.97. The normalized spacial score (nSPS) is 10.9. The van der Waals surface area contributed by atoms with Gasteiger partial charge in [0.05, 0.1) is 17.9 Å². The van der Waals surface area contributed by atoms with Crippen LogP contribution in [0.3, 0.4) is 0 Å². The highest BCUT2D eigenvalue weighted by atomic mass is 19.3. The second kappa shape index (κ2) is 4.30. The van der Waals surface area contributed by atoms with Gasteiger partial charge in [-0.1, -0.05) is 0 Å². The molecule has 1 rings (SSSR count). The number of pyridine rings is 1. The summed E-state index contributed by atoms with van der Waals surface area (Å²) in [6, 6.07) is 0. The van der Waals surface area contributed by atoms with Crippen molar-refractivity contribution in [2.75, 3.05) is 5.73 Å². The second-order valence-electron chi connectivity index (χ2n) is 2.72. The van der Waals surface area contributed by atoms with E-state index in [0.29, 0.717) is 5.69 Å². The monoisotopic (exact) mass is 203 g/mol. The number of aliphatic hydroxyl groups excluding tert-OH is 1. The predicted molar refractivity (Wildman–Crippen MR) is 47.4 cm³/mol. The molecule has 1 heterocycles. The summed E-state index contributed by atoms with van der Waals surface area (Å²) in [6.07, 6.45) is -1.71. The molecule has 14 heavy (non-hydrogen) atoms. The van der Waals surface area contributed by atoms with Crippen LogP contribution in [0.1, 0.15) is 23.2 Å². The van der Waals surface area contributed by atoms with Crippen molar-refractivity contribution >= 4 is 5.69 Å². The lowest BCUT2D eigenvalue weighted by Crippen LogP contribution is -2.10. The van der Waals surface area contributed by atoms with Gasteiger partial charge in [-0.05, 0) is 0 Å². The van der Waals surface area contributed by atoms with Gasteiger partial charge in [-0.3, -0.25) is 4.98 Å². The zero-order valence-electron chi connectivity index (χ0n) is 7.37. The maximum Gasteiger partial charge on any atom is 0.267 e. The summed E-state index contributed by atoms with van der Waals surface area (Å²) in [5.74, 6) is 0. The fourth-order valence-corrected chi connectivity index (χ4v) is 1.15. The van der Waals surface area contributed by atoms with E-state index in [4.69, 9.17) is 16.6 Å². The average molecular weight is 203 g/mol. The summed E-state index contributed by atoms with van der Waals surface area (Å²) in [6.45, 7) is -0.379. The van der Waals surface area contributed by atoms with E-state index in [1.165, 1.54) is 0 Å². The summed E-state index contributed by atoms with van der Waals surface area (Å²) in [4.78, 5) is 3.71. The molecular formula is C8H11F2N3O. The van der Waals surface area contributed by atoms with E-state index in [1.54, 1.807) is 0 Å². The number of nitrogens with two attached hydrogens (primary N) is 2. The molecule has 0 saturated heterocycles. The van der Waals surface area contributed by atoms with E-state index in [-0.39, 0.29) is 23.4 Å². The Bertz CT molecular complexity index is 331. The largest absolute Gasteiger partial charge is 0.398 e. The Morgan fingerprint density at radius 2 is 2.14 bits per heavy atom. The number of aliphatic hydroxyl groups is 1. The molecule has 5 N–H and O–H groups in total. The van der Waals surface area contributed by atoms with Crippen molar-refractivity contribution < 1.29 is 13.9 Å². The van der Waals surface area contributed by atoms with Gasteiger partial charge in [-0.2, -0.15) is 0 Å². The lowest BCUT2D eigenvalue weighted by Gasteiger charge is -2.11. The van der Waals surface area contributed by atoms with Gasteiger partial charge < -0.3 is 16.6 Å². The SMILES string of the molecule is NCc1ncc(C(F)F)c(N)c1CO. The number of halogens is 2. The molecule has 0 saturated carbocycles. The van der Waals surface area contributed by atoms with E-state index in [9.17, 15) is 8.78 Å². The molecule has 0 spiro atoms. The van der Waals surface area contributed by atoms with E-state index in [2.05, 4.69) is 4.98 Å². The first kappa shape index (κ1) is 10.8. The molecule has 0 aliphatic heterocycles. The molecule has 0 aromatic carbocycles. The van der Waals surface area contributed by atoms with Crippen molar-refractivity contribution in [3.8, 4) is 0 Å². The Morgan fingerprint density at radius 3 is 2.57 bits per heavy atom. The Morgan fingerprint density at radius 1 is 1.50 bits per heavy atom. The van der Waals surface area contributed by atoms with Crippen molar-refractivity contribution in [1.82, 2.24) is 4.98 Å². The number of hydrogen-bond donors (Lipinski definition) is 3. The standard InChI is InChI=1S/C8H11F2N3O/c9-8(10)4-2-13-6(1-11)5(3-14)7(4)12/h2,8,14H,1,3,11H2,(H2,12,13). The summed E-state index contributed by atoms with van der Waals surface area (Å²) in [5.41, 5.74) is 10.8. The molecule has 0 unspecified atom stereocenters. The van der Waals surface area contributed by atoms with Crippen LogP contribution in [0.2, 0.25) is 0 Å². The smallest absolute Gasteiger partial charge is 0.267 e. The molecule has 0 radical (unpaired) electrons. The number of nitrogen functional groups attached to an aromatic ring is 1. The van der Waals surface area contributed by atoms with Crippen LogP contribution >= 0.6 is 0 Å². The van der Waals surface area contributed by atoms with Gasteiger partial charge in [-0.15, -0.1) is 0 Å². The quantitative estimate of drug-likeness (QED) is 0.669. The van der Waals surface area contributed by atoms with Crippen LogP contribution in [0.4, 0.5) is 14.5 Å². The highest BCUT2D eigenvalue weighted by Crippen LogP contribution is 2.28. The summed E-state index contributed by atoms with van der Waals surface area (Å²) >= 11 is 0. The predicted octanol–water partition coefficient (Wildman–Crippen LogP) is 0.552. The number of anilines is 1. The fraction of sp³-hybridized carbons (Fsp3) is 0.375. The van der Waals surface area contributed by atoms with Gasteiger partial charge >= 0.3 is 0 Å². The first-order valence-corrected chi connectivity index (χ1v) is 3.97. The molecule has 0 bridgehead atoms. The molecule has 78 valence electrons. The Hall–Kier alpha value is -1.27. The van der Waals surface area contributed by atoms with E-state index >= 15 is 0 Å². The third kappa shape index (κ3) is 1.80. The van der Waals surface area contributed by atoms with Gasteiger partial charge in [0, 0.05) is 24.0 Å². The fourth-order valence-electron chi connectivity index (χ4n) is 1.15.